The molecule has 12 nitrogen and oxygen atoms in total. The number of allylic oxidation sites excluding steroid dienone is 1. The maximum Gasteiger partial charge on any atom is 0.362 e. The first kappa shape index (κ1) is 20.0. The van der Waals surface area contributed by atoms with Gasteiger partial charge in [-0.2, -0.15) is 8.42 Å². The van der Waals surface area contributed by atoms with Crippen LogP contribution < -0.4 is 0 Å². The molecule has 0 spiro atoms. The van der Waals surface area contributed by atoms with Crippen LogP contribution >= 0.6 is 0 Å². The first-order valence-electron chi connectivity index (χ1n) is 6.46. The van der Waals surface area contributed by atoms with Gasteiger partial charge in [0.25, 0.3) is 15.8 Å². The molecule has 0 aliphatic carbocycles. The standard InChI is InChI=1S/C12H13N3O9S/c1-3-24-12(18)10(6(2)16)14-13-8-4-7(15(19)20)5-9(11(8)17)25(21,22)23/h4-5,16-17H,3H2,1-2H3,(H,21,22,23)/b10-6-,14-13?. The number of aromatic hydroxyl groups is 1. The number of carbonyl (C=O) groups excluding carboxylic acids is 1. The number of esters is 1. The molecule has 0 radical (unpaired) electrons. The second kappa shape index (κ2) is 7.67. The highest BCUT2D eigenvalue weighted by molar-refractivity contribution is 7.86. The molecule has 0 unspecified atom stereocenters. The Bertz CT molecular complexity index is 870. The van der Waals surface area contributed by atoms with Gasteiger partial charge in [0.05, 0.1) is 11.5 Å². The van der Waals surface area contributed by atoms with Crippen LogP contribution in [0.4, 0.5) is 11.4 Å². The number of hydrogen-bond donors (Lipinski definition) is 3. The first-order valence-corrected chi connectivity index (χ1v) is 7.90. The molecule has 1 aromatic rings. The Morgan fingerprint density at radius 3 is 2.44 bits per heavy atom. The van der Waals surface area contributed by atoms with Crippen molar-refractivity contribution in [1.82, 2.24) is 0 Å². The molecule has 0 saturated carbocycles. The van der Waals surface area contributed by atoms with Crippen LogP contribution in [0.2, 0.25) is 0 Å². The van der Waals surface area contributed by atoms with E-state index in [1.807, 2.05) is 0 Å². The number of nitro benzene ring substituents is 1. The Morgan fingerprint density at radius 2 is 2.00 bits per heavy atom. The largest absolute Gasteiger partial charge is 0.510 e. The molecule has 0 aliphatic heterocycles. The third-order valence-electron chi connectivity index (χ3n) is 2.60. The van der Waals surface area contributed by atoms with Crippen molar-refractivity contribution in [3.63, 3.8) is 0 Å². The molecule has 3 N–H and O–H groups in total. The minimum absolute atomic E-state index is 0.0416. The van der Waals surface area contributed by atoms with Gasteiger partial charge in [-0.3, -0.25) is 14.7 Å². The van der Waals surface area contributed by atoms with Gasteiger partial charge in [-0.1, -0.05) is 0 Å². The van der Waals surface area contributed by atoms with Gasteiger partial charge in [0.15, 0.2) is 5.75 Å². The molecular weight excluding hydrogens is 362 g/mol. The molecule has 1 aromatic carbocycles. The lowest BCUT2D eigenvalue weighted by molar-refractivity contribution is -0.385. The Hall–Kier alpha value is -3.06. The minimum Gasteiger partial charge on any atom is -0.510 e. The number of phenols is 1. The van der Waals surface area contributed by atoms with Gasteiger partial charge in [0.1, 0.15) is 16.3 Å². The van der Waals surface area contributed by atoms with Crippen LogP contribution in [0, 0.1) is 10.1 Å². The Balaban J connectivity index is 3.52. The molecule has 1 rings (SSSR count). The lowest BCUT2D eigenvalue weighted by Gasteiger charge is -2.05. The Labute approximate surface area is 141 Å². The van der Waals surface area contributed by atoms with Gasteiger partial charge >= 0.3 is 5.97 Å². The highest BCUT2D eigenvalue weighted by atomic mass is 32.2. The summed E-state index contributed by atoms with van der Waals surface area (Å²) in [7, 11) is -5.00. The molecule has 0 aromatic heterocycles. The quantitative estimate of drug-likeness (QED) is 0.127. The van der Waals surface area contributed by atoms with Crippen molar-refractivity contribution >= 4 is 27.5 Å². The number of phenolic OH excluding ortho intramolecular Hbond substituents is 1. The number of non-ortho nitro benzene ring substituents is 1. The topological polar surface area (TPSA) is 189 Å². The summed E-state index contributed by atoms with van der Waals surface area (Å²) >= 11 is 0. The van der Waals surface area contributed by atoms with E-state index in [2.05, 4.69) is 15.0 Å². The molecular formula is C12H13N3O9S. The van der Waals surface area contributed by atoms with Gasteiger partial charge < -0.3 is 14.9 Å². The predicted molar refractivity (Wildman–Crippen MR) is 81.1 cm³/mol. The molecule has 0 aliphatic rings. The van der Waals surface area contributed by atoms with Crippen molar-refractivity contribution in [3.8, 4) is 5.75 Å². The van der Waals surface area contributed by atoms with Crippen LogP contribution in [0.15, 0.2) is 38.7 Å². The van der Waals surface area contributed by atoms with E-state index in [1.165, 1.54) is 6.92 Å². The normalized spacial score (nSPS) is 12.8. The van der Waals surface area contributed by atoms with E-state index in [0.717, 1.165) is 6.92 Å². The molecule has 0 saturated heterocycles. The molecule has 0 atom stereocenters. The van der Waals surface area contributed by atoms with Crippen molar-refractivity contribution in [2.24, 2.45) is 10.2 Å². The lowest BCUT2D eigenvalue weighted by atomic mass is 10.2. The summed E-state index contributed by atoms with van der Waals surface area (Å²) < 4.78 is 36.0. The SMILES string of the molecule is CCOC(=O)/C(N=Nc1cc([N+](=O)[O-])cc(S(=O)(=O)O)c1O)=C(\C)O. The fraction of sp³-hybridized carbons (Fsp3) is 0.250. The number of aliphatic hydroxyl groups is 1. The lowest BCUT2D eigenvalue weighted by Crippen LogP contribution is -2.07. The van der Waals surface area contributed by atoms with Crippen LogP contribution in [0.3, 0.4) is 0 Å². The Morgan fingerprint density at radius 1 is 1.40 bits per heavy atom. The summed E-state index contributed by atoms with van der Waals surface area (Å²) in [6, 6.07) is 1.08. The van der Waals surface area contributed by atoms with Crippen molar-refractivity contribution in [1.29, 1.82) is 0 Å². The summed E-state index contributed by atoms with van der Waals surface area (Å²) in [5.41, 5.74) is -2.22. The fourth-order valence-electron chi connectivity index (χ4n) is 1.52. The Kier molecular flexibility index (Phi) is 6.13. The number of aliphatic hydroxyl groups excluding tert-OH is 1. The molecule has 0 amide bonds. The van der Waals surface area contributed by atoms with Gasteiger partial charge in [0.2, 0.25) is 5.70 Å². The van der Waals surface area contributed by atoms with E-state index in [9.17, 15) is 33.5 Å². The summed E-state index contributed by atoms with van der Waals surface area (Å²) in [5, 5.41) is 36.7. The maximum atomic E-state index is 11.6. The summed E-state index contributed by atoms with van der Waals surface area (Å²) in [5.74, 6) is -2.79. The molecule has 25 heavy (non-hydrogen) atoms. The van der Waals surface area contributed by atoms with Crippen molar-refractivity contribution < 1.29 is 37.6 Å². The highest BCUT2D eigenvalue weighted by Gasteiger charge is 2.24. The van der Waals surface area contributed by atoms with Crippen molar-refractivity contribution in [3.05, 3.63) is 33.7 Å². The zero-order chi connectivity index (χ0) is 19.4. The number of rotatable bonds is 6. The summed E-state index contributed by atoms with van der Waals surface area (Å²) in [4.78, 5) is 20.3. The van der Waals surface area contributed by atoms with Crippen molar-refractivity contribution in [2.75, 3.05) is 6.61 Å². The third-order valence-corrected chi connectivity index (χ3v) is 3.46. The average Bonchev–Trinajstić information content (AvgIpc) is 2.47. The van der Waals surface area contributed by atoms with Gasteiger partial charge in [-0.25, -0.2) is 4.79 Å². The maximum absolute atomic E-state index is 11.6. The highest BCUT2D eigenvalue weighted by Crippen LogP contribution is 2.38. The molecule has 136 valence electrons. The van der Waals surface area contributed by atoms with E-state index < -0.39 is 54.5 Å². The number of azo groups is 1. The number of ether oxygens (including phenoxy) is 1. The van der Waals surface area contributed by atoms with Crippen LogP contribution in [0.25, 0.3) is 0 Å². The molecule has 0 bridgehead atoms. The first-order chi connectivity index (χ1) is 11.5. The van der Waals surface area contributed by atoms with Crippen LogP contribution in [0.5, 0.6) is 5.75 Å². The zero-order valence-electron chi connectivity index (χ0n) is 12.9. The van der Waals surface area contributed by atoms with E-state index in [0.29, 0.717) is 12.1 Å². The summed E-state index contributed by atoms with van der Waals surface area (Å²) in [6.07, 6.45) is 0. The van der Waals surface area contributed by atoms with Crippen LogP contribution in [-0.2, 0) is 19.6 Å². The fourth-order valence-corrected chi connectivity index (χ4v) is 2.14. The number of carbonyl (C=O) groups is 1. The number of nitro groups is 1. The van der Waals surface area contributed by atoms with Crippen LogP contribution in [-0.4, -0.2) is 40.7 Å². The molecule has 0 heterocycles. The summed E-state index contributed by atoms with van der Waals surface area (Å²) in [6.45, 7) is 2.53. The minimum atomic E-state index is -5.00. The molecule has 13 heteroatoms. The van der Waals surface area contributed by atoms with Crippen molar-refractivity contribution in [2.45, 2.75) is 18.7 Å². The van der Waals surface area contributed by atoms with E-state index in [-0.39, 0.29) is 6.61 Å². The van der Waals surface area contributed by atoms with Crippen LogP contribution in [0.1, 0.15) is 13.8 Å². The van der Waals surface area contributed by atoms with Gasteiger partial charge in [0, 0.05) is 12.1 Å². The van der Waals surface area contributed by atoms with E-state index in [4.69, 9.17) is 4.55 Å². The number of benzene rings is 1. The van der Waals surface area contributed by atoms with E-state index in [1.54, 1.807) is 0 Å². The predicted octanol–water partition coefficient (Wildman–Crippen LogP) is 1.98. The van der Waals surface area contributed by atoms with E-state index >= 15 is 0 Å². The monoisotopic (exact) mass is 375 g/mol. The number of hydrogen-bond acceptors (Lipinski definition) is 10. The van der Waals surface area contributed by atoms with Gasteiger partial charge in [-0.15, -0.1) is 10.2 Å². The second-order valence-electron chi connectivity index (χ2n) is 4.40. The zero-order valence-corrected chi connectivity index (χ0v) is 13.7. The van der Waals surface area contributed by atoms with Gasteiger partial charge in [-0.05, 0) is 13.8 Å². The number of nitrogens with zero attached hydrogens (tertiary/aromatic N) is 3. The third kappa shape index (κ3) is 4.95. The smallest absolute Gasteiger partial charge is 0.362 e. The molecule has 0 fully saturated rings. The average molecular weight is 375 g/mol. The second-order valence-corrected chi connectivity index (χ2v) is 5.79.